The zero-order valence-electron chi connectivity index (χ0n) is 16.0. The number of aromatic hydroxyl groups is 1. The van der Waals surface area contributed by atoms with Gasteiger partial charge in [0.25, 0.3) is 5.91 Å². The first-order valence-electron chi connectivity index (χ1n) is 9.15. The first-order valence-corrected chi connectivity index (χ1v) is 9.53. The Balaban J connectivity index is 1.82. The Labute approximate surface area is 178 Å². The molecule has 0 radical (unpaired) electrons. The van der Waals surface area contributed by atoms with Gasteiger partial charge < -0.3 is 15.2 Å². The fraction of sp³-hybridized carbons (Fsp3) is 0.0435. The van der Waals surface area contributed by atoms with Crippen molar-refractivity contribution in [2.75, 3.05) is 12.4 Å². The molecule has 4 rings (SSSR count). The SMILES string of the molecule is COc1ccccc1-c1nn(-c2ccccc2)cc1C(=O)Nc1cc(Cl)ccc1O. The number of rotatable bonds is 5. The highest BCUT2D eigenvalue weighted by Crippen LogP contribution is 2.33. The van der Waals surface area contributed by atoms with Crippen LogP contribution in [0.2, 0.25) is 5.02 Å². The number of nitrogens with zero attached hydrogens (tertiary/aromatic N) is 2. The van der Waals surface area contributed by atoms with Gasteiger partial charge in [-0.15, -0.1) is 0 Å². The molecule has 0 unspecified atom stereocenters. The van der Waals surface area contributed by atoms with Crippen LogP contribution in [0.5, 0.6) is 11.5 Å². The topological polar surface area (TPSA) is 76.4 Å². The molecular formula is C23H18ClN3O3. The summed E-state index contributed by atoms with van der Waals surface area (Å²) in [5.41, 5.74) is 2.47. The van der Waals surface area contributed by atoms with E-state index in [2.05, 4.69) is 10.4 Å². The van der Waals surface area contributed by atoms with E-state index in [-0.39, 0.29) is 11.4 Å². The first kappa shape index (κ1) is 19.5. The van der Waals surface area contributed by atoms with Crippen LogP contribution in [0.3, 0.4) is 0 Å². The highest BCUT2D eigenvalue weighted by molar-refractivity contribution is 6.31. The Morgan fingerprint density at radius 1 is 1.07 bits per heavy atom. The Morgan fingerprint density at radius 3 is 2.57 bits per heavy atom. The third-order valence-corrected chi connectivity index (χ3v) is 4.78. The molecule has 1 amide bonds. The summed E-state index contributed by atoms with van der Waals surface area (Å²) in [6.07, 6.45) is 1.65. The monoisotopic (exact) mass is 419 g/mol. The summed E-state index contributed by atoms with van der Waals surface area (Å²) < 4.78 is 7.10. The average Bonchev–Trinajstić information content (AvgIpc) is 3.22. The van der Waals surface area contributed by atoms with Crippen LogP contribution < -0.4 is 10.1 Å². The van der Waals surface area contributed by atoms with Crippen molar-refractivity contribution < 1.29 is 14.6 Å². The zero-order valence-corrected chi connectivity index (χ0v) is 16.8. The van der Waals surface area contributed by atoms with Crippen molar-refractivity contribution in [1.29, 1.82) is 0 Å². The smallest absolute Gasteiger partial charge is 0.259 e. The third kappa shape index (κ3) is 3.86. The van der Waals surface area contributed by atoms with Crippen LogP contribution in [0.4, 0.5) is 5.69 Å². The van der Waals surface area contributed by atoms with E-state index < -0.39 is 5.91 Å². The summed E-state index contributed by atoms with van der Waals surface area (Å²) in [4.78, 5) is 13.2. The predicted octanol–water partition coefficient (Wildman–Crippen LogP) is 5.16. The molecule has 0 atom stereocenters. The number of hydrogen-bond acceptors (Lipinski definition) is 4. The summed E-state index contributed by atoms with van der Waals surface area (Å²) in [6, 6.07) is 21.3. The van der Waals surface area contributed by atoms with Gasteiger partial charge in [-0.1, -0.05) is 41.9 Å². The van der Waals surface area contributed by atoms with Gasteiger partial charge in [-0.25, -0.2) is 4.68 Å². The minimum absolute atomic E-state index is 0.0814. The number of halogens is 1. The maximum atomic E-state index is 13.2. The number of aromatic nitrogens is 2. The number of anilines is 1. The van der Waals surface area contributed by atoms with E-state index in [9.17, 15) is 9.90 Å². The number of carbonyl (C=O) groups is 1. The lowest BCUT2D eigenvalue weighted by Crippen LogP contribution is -2.12. The quantitative estimate of drug-likeness (QED) is 0.438. The van der Waals surface area contributed by atoms with E-state index >= 15 is 0 Å². The lowest BCUT2D eigenvalue weighted by molar-refractivity contribution is 0.102. The van der Waals surface area contributed by atoms with Crippen molar-refractivity contribution in [1.82, 2.24) is 9.78 Å². The molecule has 7 heteroatoms. The number of phenolic OH excluding ortho intramolecular Hbond substituents is 1. The van der Waals surface area contributed by atoms with E-state index in [0.29, 0.717) is 27.6 Å². The molecule has 0 saturated heterocycles. The van der Waals surface area contributed by atoms with E-state index in [1.54, 1.807) is 30.1 Å². The van der Waals surface area contributed by atoms with Gasteiger partial charge in [0.2, 0.25) is 0 Å². The van der Waals surface area contributed by atoms with Gasteiger partial charge in [-0.2, -0.15) is 5.10 Å². The molecule has 30 heavy (non-hydrogen) atoms. The Kier molecular flexibility index (Phi) is 5.41. The molecule has 0 aliphatic heterocycles. The molecule has 0 aliphatic carbocycles. The number of amides is 1. The van der Waals surface area contributed by atoms with Crippen molar-refractivity contribution in [3.05, 3.63) is 89.6 Å². The van der Waals surface area contributed by atoms with E-state index in [1.807, 2.05) is 48.5 Å². The summed E-state index contributed by atoms with van der Waals surface area (Å²) in [7, 11) is 1.57. The van der Waals surface area contributed by atoms with Crippen molar-refractivity contribution in [2.45, 2.75) is 0 Å². The zero-order chi connectivity index (χ0) is 21.1. The van der Waals surface area contributed by atoms with E-state index in [1.165, 1.54) is 12.1 Å². The van der Waals surface area contributed by atoms with Gasteiger partial charge in [0.05, 0.1) is 24.0 Å². The number of ether oxygens (including phenoxy) is 1. The van der Waals surface area contributed by atoms with Crippen LogP contribution in [0.15, 0.2) is 79.0 Å². The largest absolute Gasteiger partial charge is 0.506 e. The maximum absolute atomic E-state index is 13.2. The van der Waals surface area contributed by atoms with Crippen LogP contribution in [-0.4, -0.2) is 27.9 Å². The van der Waals surface area contributed by atoms with E-state index in [4.69, 9.17) is 16.3 Å². The predicted molar refractivity (Wildman–Crippen MR) is 117 cm³/mol. The van der Waals surface area contributed by atoms with E-state index in [0.717, 1.165) is 5.69 Å². The fourth-order valence-electron chi connectivity index (χ4n) is 3.09. The number of nitrogens with one attached hydrogen (secondary N) is 1. The normalized spacial score (nSPS) is 10.6. The van der Waals surface area contributed by atoms with Gasteiger partial charge in [-0.3, -0.25) is 4.79 Å². The van der Waals surface area contributed by atoms with Crippen LogP contribution in [0, 0.1) is 0 Å². The highest BCUT2D eigenvalue weighted by atomic mass is 35.5. The number of methoxy groups -OCH3 is 1. The second kappa shape index (κ2) is 8.31. The first-order chi connectivity index (χ1) is 14.6. The second-order valence-corrected chi connectivity index (χ2v) is 6.92. The third-order valence-electron chi connectivity index (χ3n) is 4.55. The standard InChI is InChI=1S/C23H18ClN3O3/c1-30-21-10-6-5-9-17(21)22-18(14-27(26-22)16-7-3-2-4-8-16)23(29)25-19-13-15(24)11-12-20(19)28/h2-14,28H,1H3,(H,25,29). The van der Waals surface area contributed by atoms with Crippen LogP contribution in [0.1, 0.15) is 10.4 Å². The molecule has 0 saturated carbocycles. The lowest BCUT2D eigenvalue weighted by atomic mass is 10.1. The summed E-state index contributed by atoms with van der Waals surface area (Å²) in [5, 5.41) is 17.8. The number of benzene rings is 3. The van der Waals surface area contributed by atoms with Gasteiger partial charge in [0, 0.05) is 16.8 Å². The van der Waals surface area contributed by atoms with Crippen molar-refractivity contribution >= 4 is 23.2 Å². The molecule has 0 fully saturated rings. The molecule has 4 aromatic rings. The molecule has 150 valence electrons. The van der Waals surface area contributed by atoms with Crippen molar-refractivity contribution in [3.63, 3.8) is 0 Å². The summed E-state index contributed by atoms with van der Waals surface area (Å²) in [6.45, 7) is 0. The minimum atomic E-state index is -0.435. The summed E-state index contributed by atoms with van der Waals surface area (Å²) >= 11 is 6.00. The van der Waals surface area contributed by atoms with Gasteiger partial charge in [0.15, 0.2) is 0 Å². The van der Waals surface area contributed by atoms with Crippen molar-refractivity contribution in [2.24, 2.45) is 0 Å². The van der Waals surface area contributed by atoms with Crippen LogP contribution >= 0.6 is 11.6 Å². The second-order valence-electron chi connectivity index (χ2n) is 6.49. The molecule has 2 N–H and O–H groups in total. The van der Waals surface area contributed by atoms with Gasteiger partial charge in [0.1, 0.15) is 17.2 Å². The number of para-hydroxylation sites is 2. The molecule has 6 nitrogen and oxygen atoms in total. The van der Waals surface area contributed by atoms with Crippen molar-refractivity contribution in [3.8, 4) is 28.4 Å². The van der Waals surface area contributed by atoms with Crippen LogP contribution in [0.25, 0.3) is 16.9 Å². The minimum Gasteiger partial charge on any atom is -0.506 e. The summed E-state index contributed by atoms with van der Waals surface area (Å²) in [5.74, 6) is 0.0770. The maximum Gasteiger partial charge on any atom is 0.259 e. The Bertz CT molecular complexity index is 1210. The molecule has 0 spiro atoms. The molecule has 1 heterocycles. The Hall–Kier alpha value is -3.77. The molecular weight excluding hydrogens is 402 g/mol. The van der Waals surface area contributed by atoms with Crippen LogP contribution in [-0.2, 0) is 0 Å². The molecule has 1 aromatic heterocycles. The van der Waals surface area contributed by atoms with Gasteiger partial charge in [-0.05, 0) is 42.5 Å². The van der Waals surface area contributed by atoms with Gasteiger partial charge >= 0.3 is 0 Å². The number of phenols is 1. The molecule has 3 aromatic carbocycles. The lowest BCUT2D eigenvalue weighted by Gasteiger charge is -2.09. The average molecular weight is 420 g/mol. The number of carbonyl (C=O) groups excluding carboxylic acids is 1. The number of hydrogen-bond donors (Lipinski definition) is 2. The highest BCUT2D eigenvalue weighted by Gasteiger charge is 2.22. The molecule has 0 aliphatic rings. The Morgan fingerprint density at radius 2 is 1.80 bits per heavy atom. The molecule has 0 bridgehead atoms. The fourth-order valence-corrected chi connectivity index (χ4v) is 3.26.